The van der Waals surface area contributed by atoms with E-state index in [1.807, 2.05) is 13.8 Å². The molecule has 3 heteroatoms. The van der Waals surface area contributed by atoms with E-state index in [1.165, 1.54) is 25.7 Å². The molecule has 0 aromatic rings. The molecule has 0 amide bonds. The van der Waals surface area contributed by atoms with E-state index in [0.29, 0.717) is 6.04 Å². The van der Waals surface area contributed by atoms with Gasteiger partial charge in [0.2, 0.25) is 0 Å². The van der Waals surface area contributed by atoms with Crippen molar-refractivity contribution in [2.75, 3.05) is 13.6 Å². The number of rotatable bonds is 6. The van der Waals surface area contributed by atoms with Crippen molar-refractivity contribution in [3.63, 3.8) is 0 Å². The average Bonchev–Trinajstić information content (AvgIpc) is 2.29. The van der Waals surface area contributed by atoms with Gasteiger partial charge in [-0.1, -0.05) is 6.92 Å². The van der Waals surface area contributed by atoms with Gasteiger partial charge in [0.05, 0.1) is 5.41 Å². The highest BCUT2D eigenvalue weighted by Gasteiger charge is 2.27. The maximum atomic E-state index is 11.0. The van der Waals surface area contributed by atoms with Crippen LogP contribution in [-0.4, -0.2) is 35.6 Å². The second kappa shape index (κ2) is 6.55. The fraction of sp³-hybridized carbons (Fsp3) is 0.933. The molecule has 0 heterocycles. The van der Waals surface area contributed by atoms with Gasteiger partial charge < -0.3 is 10.0 Å². The molecule has 1 N–H and O–H groups in total. The van der Waals surface area contributed by atoms with Crippen LogP contribution in [-0.2, 0) is 4.79 Å². The first-order valence-electron chi connectivity index (χ1n) is 7.26. The summed E-state index contributed by atoms with van der Waals surface area (Å²) >= 11 is 0. The molecule has 1 fully saturated rings. The number of carbonyl (C=O) groups is 1. The topological polar surface area (TPSA) is 40.5 Å². The first-order valence-corrected chi connectivity index (χ1v) is 7.26. The van der Waals surface area contributed by atoms with Gasteiger partial charge in [-0.2, -0.15) is 0 Å². The molecule has 0 bridgehead atoms. The van der Waals surface area contributed by atoms with E-state index in [0.717, 1.165) is 25.3 Å². The van der Waals surface area contributed by atoms with E-state index >= 15 is 0 Å². The molecular formula is C15H29NO2. The summed E-state index contributed by atoms with van der Waals surface area (Å²) in [7, 11) is 2.19. The third-order valence-corrected chi connectivity index (χ3v) is 4.50. The predicted molar refractivity (Wildman–Crippen MR) is 74.7 cm³/mol. The Morgan fingerprint density at radius 2 is 1.83 bits per heavy atom. The Kier molecular flexibility index (Phi) is 5.64. The Balaban J connectivity index is 2.25. The van der Waals surface area contributed by atoms with E-state index in [9.17, 15) is 4.79 Å². The van der Waals surface area contributed by atoms with Crippen molar-refractivity contribution in [2.24, 2.45) is 11.3 Å². The van der Waals surface area contributed by atoms with E-state index in [-0.39, 0.29) is 0 Å². The lowest BCUT2D eigenvalue weighted by molar-refractivity contribution is -0.147. The number of carboxylic acids is 1. The van der Waals surface area contributed by atoms with Crippen LogP contribution in [0.5, 0.6) is 0 Å². The van der Waals surface area contributed by atoms with Gasteiger partial charge in [-0.3, -0.25) is 4.79 Å². The van der Waals surface area contributed by atoms with Crippen molar-refractivity contribution < 1.29 is 9.90 Å². The largest absolute Gasteiger partial charge is 0.481 e. The van der Waals surface area contributed by atoms with Gasteiger partial charge in [0.25, 0.3) is 0 Å². The molecule has 0 unspecified atom stereocenters. The third-order valence-electron chi connectivity index (χ3n) is 4.50. The van der Waals surface area contributed by atoms with Crippen molar-refractivity contribution >= 4 is 5.97 Å². The highest BCUT2D eigenvalue weighted by Crippen LogP contribution is 2.27. The molecule has 0 aliphatic heterocycles. The van der Waals surface area contributed by atoms with Crippen molar-refractivity contribution in [3.8, 4) is 0 Å². The molecule has 1 saturated carbocycles. The van der Waals surface area contributed by atoms with E-state index in [2.05, 4.69) is 18.9 Å². The summed E-state index contributed by atoms with van der Waals surface area (Å²) < 4.78 is 0. The Bertz CT molecular complexity index is 268. The van der Waals surface area contributed by atoms with Crippen LogP contribution < -0.4 is 0 Å². The molecule has 0 atom stereocenters. The quantitative estimate of drug-likeness (QED) is 0.791. The van der Waals surface area contributed by atoms with Gasteiger partial charge in [0, 0.05) is 6.04 Å². The molecule has 18 heavy (non-hydrogen) atoms. The number of carboxylic acid groups (broad SMARTS) is 1. The lowest BCUT2D eigenvalue weighted by Crippen LogP contribution is -2.36. The van der Waals surface area contributed by atoms with Crippen LogP contribution in [0.25, 0.3) is 0 Å². The number of hydrogen-bond acceptors (Lipinski definition) is 2. The molecule has 3 nitrogen and oxygen atoms in total. The van der Waals surface area contributed by atoms with Gasteiger partial charge in [-0.05, 0) is 71.9 Å². The predicted octanol–water partition coefficient (Wildman–Crippen LogP) is 3.39. The monoisotopic (exact) mass is 255 g/mol. The number of hydrogen-bond donors (Lipinski definition) is 1. The summed E-state index contributed by atoms with van der Waals surface area (Å²) in [5.74, 6) is 0.206. The van der Waals surface area contributed by atoms with Crippen LogP contribution in [0.2, 0.25) is 0 Å². The first kappa shape index (κ1) is 15.5. The average molecular weight is 255 g/mol. The fourth-order valence-electron chi connectivity index (χ4n) is 2.74. The highest BCUT2D eigenvalue weighted by molar-refractivity contribution is 5.73. The Hall–Kier alpha value is -0.570. The summed E-state index contributed by atoms with van der Waals surface area (Å²) in [6.45, 7) is 7.00. The second-order valence-electron chi connectivity index (χ2n) is 6.69. The minimum Gasteiger partial charge on any atom is -0.481 e. The van der Waals surface area contributed by atoms with Gasteiger partial charge in [-0.15, -0.1) is 0 Å². The molecule has 0 radical (unpaired) electrons. The summed E-state index contributed by atoms with van der Waals surface area (Å²) in [6, 6.07) is 0.717. The standard InChI is InChI=1S/C15H29NO2/c1-12-6-8-13(9-7-12)16(4)11-5-10-15(2,3)14(17)18/h12-13H,5-11H2,1-4H3,(H,17,18). The Labute approximate surface area is 112 Å². The van der Waals surface area contributed by atoms with E-state index in [1.54, 1.807) is 0 Å². The zero-order valence-corrected chi connectivity index (χ0v) is 12.4. The fourth-order valence-corrected chi connectivity index (χ4v) is 2.74. The molecule has 0 aromatic carbocycles. The van der Waals surface area contributed by atoms with Gasteiger partial charge in [-0.25, -0.2) is 0 Å². The zero-order chi connectivity index (χ0) is 13.8. The highest BCUT2D eigenvalue weighted by atomic mass is 16.4. The van der Waals surface area contributed by atoms with Crippen molar-refractivity contribution in [1.82, 2.24) is 4.90 Å². The normalized spacial score (nSPS) is 25.4. The minimum atomic E-state index is -0.684. The van der Waals surface area contributed by atoms with Gasteiger partial charge >= 0.3 is 5.97 Å². The number of nitrogens with zero attached hydrogens (tertiary/aromatic N) is 1. The van der Waals surface area contributed by atoms with Crippen LogP contribution in [0.4, 0.5) is 0 Å². The van der Waals surface area contributed by atoms with Gasteiger partial charge in [0.15, 0.2) is 0 Å². The first-order chi connectivity index (χ1) is 8.33. The van der Waals surface area contributed by atoms with Gasteiger partial charge in [0.1, 0.15) is 0 Å². The SMILES string of the molecule is CC1CCC(N(C)CCCC(C)(C)C(=O)O)CC1. The van der Waals surface area contributed by atoms with E-state index < -0.39 is 11.4 Å². The lowest BCUT2D eigenvalue weighted by Gasteiger charge is -2.34. The smallest absolute Gasteiger partial charge is 0.309 e. The van der Waals surface area contributed by atoms with Crippen molar-refractivity contribution in [1.29, 1.82) is 0 Å². The molecular weight excluding hydrogens is 226 g/mol. The third kappa shape index (κ3) is 4.60. The molecule has 1 aliphatic rings. The summed E-state index contributed by atoms with van der Waals surface area (Å²) in [5, 5.41) is 9.07. The molecule has 0 saturated heterocycles. The molecule has 1 rings (SSSR count). The number of aliphatic carboxylic acids is 1. The lowest BCUT2D eigenvalue weighted by atomic mass is 9.86. The van der Waals surface area contributed by atoms with Crippen LogP contribution in [0.3, 0.4) is 0 Å². The van der Waals surface area contributed by atoms with Crippen LogP contribution >= 0.6 is 0 Å². The summed E-state index contributed by atoms with van der Waals surface area (Å²) in [5.41, 5.74) is -0.581. The second-order valence-corrected chi connectivity index (χ2v) is 6.69. The zero-order valence-electron chi connectivity index (χ0n) is 12.4. The maximum absolute atomic E-state index is 11.0. The summed E-state index contributed by atoms with van der Waals surface area (Å²) in [4.78, 5) is 13.5. The Morgan fingerprint density at radius 1 is 1.28 bits per heavy atom. The molecule has 0 spiro atoms. The van der Waals surface area contributed by atoms with Crippen LogP contribution in [0.1, 0.15) is 59.3 Å². The van der Waals surface area contributed by atoms with Crippen LogP contribution in [0.15, 0.2) is 0 Å². The van der Waals surface area contributed by atoms with E-state index in [4.69, 9.17) is 5.11 Å². The van der Waals surface area contributed by atoms with Crippen molar-refractivity contribution in [2.45, 2.75) is 65.3 Å². The summed E-state index contributed by atoms with van der Waals surface area (Å²) in [6.07, 6.45) is 7.03. The Morgan fingerprint density at radius 3 is 2.33 bits per heavy atom. The minimum absolute atomic E-state index is 0.581. The maximum Gasteiger partial charge on any atom is 0.309 e. The molecule has 106 valence electrons. The molecule has 1 aliphatic carbocycles. The van der Waals surface area contributed by atoms with Crippen LogP contribution in [0, 0.1) is 11.3 Å². The van der Waals surface area contributed by atoms with Crippen molar-refractivity contribution in [3.05, 3.63) is 0 Å². The molecule has 0 aromatic heterocycles.